The monoisotopic (exact) mass is 280 g/mol. The van der Waals surface area contributed by atoms with Gasteiger partial charge in [-0.15, -0.1) is 6.58 Å². The summed E-state index contributed by atoms with van der Waals surface area (Å²) >= 11 is 0. The molecule has 0 amide bonds. The average Bonchev–Trinajstić information content (AvgIpc) is 3.01. The van der Waals surface area contributed by atoms with Crippen molar-refractivity contribution in [3.63, 3.8) is 0 Å². The van der Waals surface area contributed by atoms with Gasteiger partial charge in [0, 0.05) is 6.61 Å². The highest BCUT2D eigenvalue weighted by atomic mass is 16.5. The number of anilines is 2. The molecule has 0 radical (unpaired) electrons. The summed E-state index contributed by atoms with van der Waals surface area (Å²) < 4.78 is 5.68. The molecule has 0 spiro atoms. The highest BCUT2D eigenvalue weighted by Gasteiger charge is 2.27. The van der Waals surface area contributed by atoms with Gasteiger partial charge in [0.2, 0.25) is 0 Å². The van der Waals surface area contributed by atoms with Crippen LogP contribution in [-0.4, -0.2) is 18.8 Å². The molecule has 1 aliphatic rings. The Kier molecular flexibility index (Phi) is 4.34. The van der Waals surface area contributed by atoms with Crippen LogP contribution < -0.4 is 10.4 Å². The van der Waals surface area contributed by atoms with Crippen molar-refractivity contribution in [1.82, 2.24) is 5.43 Å². The van der Waals surface area contributed by atoms with Gasteiger partial charge in [0.15, 0.2) is 0 Å². The summed E-state index contributed by atoms with van der Waals surface area (Å²) in [6.07, 6.45) is 2.91. The lowest BCUT2D eigenvalue weighted by atomic mass is 10.1. The third-order valence-electron chi connectivity index (χ3n) is 3.69. The zero-order valence-electron chi connectivity index (χ0n) is 12.0. The molecule has 1 fully saturated rings. The quantitative estimate of drug-likeness (QED) is 0.668. The van der Waals surface area contributed by atoms with Crippen LogP contribution in [0.2, 0.25) is 0 Å². The van der Waals surface area contributed by atoms with Gasteiger partial charge in [0.05, 0.1) is 23.5 Å². The molecule has 2 atom stereocenters. The first kappa shape index (κ1) is 13.9. The van der Waals surface area contributed by atoms with E-state index < -0.39 is 0 Å². The van der Waals surface area contributed by atoms with Gasteiger partial charge in [-0.3, -0.25) is 5.01 Å². The summed E-state index contributed by atoms with van der Waals surface area (Å²) in [4.78, 5) is 0. The molecule has 0 aromatic heterocycles. The summed E-state index contributed by atoms with van der Waals surface area (Å²) in [6, 6.07) is 20.9. The smallest absolute Gasteiger partial charge is 0.0925 e. The second kappa shape index (κ2) is 6.57. The molecule has 3 nitrogen and oxygen atoms in total. The van der Waals surface area contributed by atoms with Crippen LogP contribution in [0.25, 0.3) is 0 Å². The fraction of sp³-hybridized carbons (Fsp3) is 0.222. The number of hydrogen-bond acceptors (Lipinski definition) is 3. The van der Waals surface area contributed by atoms with Crippen LogP contribution in [0.3, 0.4) is 0 Å². The number of hydrazine groups is 1. The largest absolute Gasteiger partial charge is 0.372 e. The number of benzene rings is 2. The van der Waals surface area contributed by atoms with Crippen molar-refractivity contribution in [1.29, 1.82) is 0 Å². The minimum atomic E-state index is 0.0555. The minimum absolute atomic E-state index is 0.0555. The summed E-state index contributed by atoms with van der Waals surface area (Å²) in [6.45, 7) is 4.63. The second-order valence-electron chi connectivity index (χ2n) is 5.10. The third kappa shape index (κ3) is 3.15. The van der Waals surface area contributed by atoms with E-state index in [1.54, 1.807) is 0 Å². The van der Waals surface area contributed by atoms with Crippen LogP contribution >= 0.6 is 0 Å². The Balaban J connectivity index is 1.88. The highest BCUT2D eigenvalue weighted by Crippen LogP contribution is 2.25. The van der Waals surface area contributed by atoms with Crippen molar-refractivity contribution in [2.45, 2.75) is 18.6 Å². The van der Waals surface area contributed by atoms with E-state index in [0.717, 1.165) is 24.4 Å². The molecule has 0 aliphatic carbocycles. The van der Waals surface area contributed by atoms with Gasteiger partial charge in [-0.1, -0.05) is 42.5 Å². The molecule has 108 valence electrons. The number of para-hydroxylation sites is 2. The molecule has 1 aliphatic heterocycles. The summed E-state index contributed by atoms with van der Waals surface area (Å²) in [5, 5.41) is 2.12. The Labute approximate surface area is 125 Å². The molecule has 21 heavy (non-hydrogen) atoms. The minimum Gasteiger partial charge on any atom is -0.372 e. The van der Waals surface area contributed by atoms with Crippen LogP contribution in [0.1, 0.15) is 6.42 Å². The van der Waals surface area contributed by atoms with Crippen molar-refractivity contribution in [3.05, 3.63) is 73.3 Å². The fourth-order valence-corrected chi connectivity index (χ4v) is 2.60. The maximum absolute atomic E-state index is 5.68. The number of nitrogens with zero attached hydrogens (tertiary/aromatic N) is 1. The number of hydrogen-bond donors (Lipinski definition) is 1. The Morgan fingerprint density at radius 3 is 2.10 bits per heavy atom. The Morgan fingerprint density at radius 2 is 1.57 bits per heavy atom. The molecule has 0 bridgehead atoms. The normalized spacial score (nSPS) is 21.1. The van der Waals surface area contributed by atoms with Crippen LogP contribution in [0.5, 0.6) is 0 Å². The summed E-state index contributed by atoms with van der Waals surface area (Å²) in [5.41, 5.74) is 5.81. The van der Waals surface area contributed by atoms with Crippen molar-refractivity contribution in [2.75, 3.05) is 11.6 Å². The van der Waals surface area contributed by atoms with Gasteiger partial charge in [-0.25, -0.2) is 5.43 Å². The molecule has 2 aromatic rings. The summed E-state index contributed by atoms with van der Waals surface area (Å²) in [7, 11) is 0. The summed E-state index contributed by atoms with van der Waals surface area (Å²) in [5.74, 6) is 0. The van der Waals surface area contributed by atoms with Gasteiger partial charge >= 0.3 is 0 Å². The van der Waals surface area contributed by atoms with Gasteiger partial charge in [-0.05, 0) is 30.7 Å². The Morgan fingerprint density at radius 1 is 1.00 bits per heavy atom. The Bertz CT molecular complexity index is 531. The average molecular weight is 280 g/mol. The van der Waals surface area contributed by atoms with Crippen LogP contribution in [0, 0.1) is 0 Å². The van der Waals surface area contributed by atoms with Gasteiger partial charge in [0.25, 0.3) is 0 Å². The van der Waals surface area contributed by atoms with Crippen LogP contribution in [0.15, 0.2) is 73.3 Å². The van der Waals surface area contributed by atoms with E-state index in [4.69, 9.17) is 4.74 Å². The van der Waals surface area contributed by atoms with Crippen LogP contribution in [0.4, 0.5) is 11.4 Å². The van der Waals surface area contributed by atoms with Gasteiger partial charge in [-0.2, -0.15) is 0 Å². The predicted molar refractivity (Wildman–Crippen MR) is 86.5 cm³/mol. The topological polar surface area (TPSA) is 24.5 Å². The molecule has 0 unspecified atom stereocenters. The van der Waals surface area contributed by atoms with E-state index in [9.17, 15) is 0 Å². The van der Waals surface area contributed by atoms with Gasteiger partial charge in [0.1, 0.15) is 0 Å². The van der Waals surface area contributed by atoms with Crippen molar-refractivity contribution in [3.8, 4) is 0 Å². The zero-order valence-corrected chi connectivity index (χ0v) is 12.0. The molecule has 1 heterocycles. The molecule has 0 saturated carbocycles. The number of nitrogens with one attached hydrogen (secondary N) is 1. The van der Waals surface area contributed by atoms with E-state index in [2.05, 4.69) is 41.3 Å². The number of ether oxygens (including phenoxy) is 1. The SMILES string of the molecule is C=C[C@H]1OCC[C@@H]1NN(c1ccccc1)c1ccccc1. The van der Waals surface area contributed by atoms with E-state index >= 15 is 0 Å². The molecule has 1 saturated heterocycles. The molecule has 3 heteroatoms. The van der Waals surface area contributed by atoms with E-state index in [1.807, 2.05) is 42.5 Å². The van der Waals surface area contributed by atoms with E-state index in [-0.39, 0.29) is 12.1 Å². The molecular formula is C18H20N2O. The molecule has 1 N–H and O–H groups in total. The zero-order chi connectivity index (χ0) is 14.5. The third-order valence-corrected chi connectivity index (χ3v) is 3.69. The molecular weight excluding hydrogens is 260 g/mol. The predicted octanol–water partition coefficient (Wildman–Crippen LogP) is 3.67. The maximum Gasteiger partial charge on any atom is 0.0925 e. The first-order valence-corrected chi connectivity index (χ1v) is 7.29. The fourth-order valence-electron chi connectivity index (χ4n) is 2.60. The van der Waals surface area contributed by atoms with Crippen molar-refractivity contribution in [2.24, 2.45) is 0 Å². The van der Waals surface area contributed by atoms with Crippen LogP contribution in [-0.2, 0) is 4.74 Å². The van der Waals surface area contributed by atoms with Gasteiger partial charge < -0.3 is 4.74 Å². The first-order valence-electron chi connectivity index (χ1n) is 7.29. The lowest BCUT2D eigenvalue weighted by Crippen LogP contribution is -2.45. The Hall–Kier alpha value is -2.10. The second-order valence-corrected chi connectivity index (χ2v) is 5.10. The van der Waals surface area contributed by atoms with Crippen molar-refractivity contribution >= 4 is 11.4 Å². The lowest BCUT2D eigenvalue weighted by Gasteiger charge is -2.30. The molecule has 2 aromatic carbocycles. The highest BCUT2D eigenvalue weighted by molar-refractivity contribution is 5.61. The van der Waals surface area contributed by atoms with E-state index in [0.29, 0.717) is 0 Å². The molecule has 3 rings (SSSR count). The van der Waals surface area contributed by atoms with E-state index in [1.165, 1.54) is 0 Å². The van der Waals surface area contributed by atoms with Crippen molar-refractivity contribution < 1.29 is 4.74 Å². The first-order chi connectivity index (χ1) is 10.4. The maximum atomic E-state index is 5.68. The lowest BCUT2D eigenvalue weighted by molar-refractivity contribution is 0.134. The number of rotatable bonds is 5. The standard InChI is InChI=1S/C18H20N2O/c1-2-18-17(13-14-21-18)19-20(15-9-5-3-6-10-15)16-11-7-4-8-12-16/h2-12,17-19H,1,13-14H2/t17-,18+/m0/s1.